The van der Waals surface area contributed by atoms with Gasteiger partial charge in [0.05, 0.1) is 10.9 Å². The predicted octanol–water partition coefficient (Wildman–Crippen LogP) is 6.11. The number of aryl methyl sites for hydroxylation is 2. The molecule has 26 heavy (non-hydrogen) atoms. The minimum absolute atomic E-state index is 0.950. The van der Waals surface area contributed by atoms with Crippen LogP contribution < -0.4 is 4.57 Å². The molecule has 0 saturated heterocycles. The fourth-order valence-corrected chi connectivity index (χ4v) is 4.76. The molecule has 0 spiro atoms. The minimum atomic E-state index is 0.950. The molecule has 0 aliphatic rings. The summed E-state index contributed by atoms with van der Waals surface area (Å²) in [5.41, 5.74) is 7.13. The Kier molecular flexibility index (Phi) is 3.44. The first-order valence-corrected chi connectivity index (χ1v) is 9.50. The van der Waals surface area contributed by atoms with Crippen molar-refractivity contribution < 1.29 is 8.98 Å². The van der Waals surface area contributed by atoms with Crippen molar-refractivity contribution in [1.82, 2.24) is 0 Å². The van der Waals surface area contributed by atoms with Crippen molar-refractivity contribution in [3.05, 3.63) is 78.4 Å². The Balaban J connectivity index is 1.74. The van der Waals surface area contributed by atoms with Gasteiger partial charge in [0.15, 0.2) is 0 Å². The maximum Gasteiger partial charge on any atom is 0.273 e. The van der Waals surface area contributed by atoms with Gasteiger partial charge in [-0.15, -0.1) is 0 Å². The number of furan rings is 1. The third-order valence-corrected chi connectivity index (χ3v) is 6.09. The van der Waals surface area contributed by atoms with Crippen LogP contribution in [0.2, 0.25) is 0 Å². The molecule has 2 nitrogen and oxygen atoms in total. The molecule has 0 unspecified atom stereocenters. The number of nitrogens with zero attached hydrogens (tertiary/aromatic N) is 1. The number of benzene rings is 3. The van der Waals surface area contributed by atoms with Crippen molar-refractivity contribution in [2.24, 2.45) is 7.05 Å². The fraction of sp³-hybridized carbons (Fsp3) is 0.0870. The van der Waals surface area contributed by atoms with Crippen LogP contribution in [0.15, 0.2) is 77.2 Å². The Morgan fingerprint density at radius 1 is 0.846 bits per heavy atom. The molecule has 0 saturated carbocycles. The van der Waals surface area contributed by atoms with Gasteiger partial charge in [0.1, 0.15) is 12.6 Å². The maximum absolute atomic E-state index is 6.09. The zero-order chi connectivity index (χ0) is 17.7. The molecule has 0 N–H and O–H groups in total. The molecule has 0 radical (unpaired) electrons. The fourth-order valence-electron chi connectivity index (χ4n) is 3.55. The molecular formula is C23H18NOS+. The van der Waals surface area contributed by atoms with Gasteiger partial charge in [-0.1, -0.05) is 54.6 Å². The second kappa shape index (κ2) is 5.82. The zero-order valence-electron chi connectivity index (χ0n) is 14.7. The first kappa shape index (κ1) is 15.4. The summed E-state index contributed by atoms with van der Waals surface area (Å²) in [5.74, 6) is 0. The van der Waals surface area contributed by atoms with Gasteiger partial charge in [0.25, 0.3) is 15.4 Å². The van der Waals surface area contributed by atoms with Crippen molar-refractivity contribution in [1.29, 1.82) is 0 Å². The highest BCUT2D eigenvalue weighted by atomic mass is 32.1. The van der Waals surface area contributed by atoms with Crippen molar-refractivity contribution in [3.8, 4) is 21.7 Å². The summed E-state index contributed by atoms with van der Waals surface area (Å²) in [7, 11) is 2.13. The van der Waals surface area contributed by atoms with Crippen LogP contribution in [0.4, 0.5) is 0 Å². The smallest absolute Gasteiger partial charge is 0.273 e. The average Bonchev–Trinajstić information content (AvgIpc) is 3.19. The van der Waals surface area contributed by atoms with Gasteiger partial charge in [0, 0.05) is 0 Å². The Morgan fingerprint density at radius 3 is 2.46 bits per heavy atom. The predicted molar refractivity (Wildman–Crippen MR) is 108 cm³/mol. The summed E-state index contributed by atoms with van der Waals surface area (Å²) < 4.78 is 8.35. The van der Waals surface area contributed by atoms with E-state index >= 15 is 0 Å². The molecule has 0 bridgehead atoms. The average molecular weight is 356 g/mol. The van der Waals surface area contributed by atoms with Crippen LogP contribution in [-0.4, -0.2) is 0 Å². The molecule has 2 heterocycles. The first-order chi connectivity index (χ1) is 12.7. The molecule has 5 rings (SSSR count). The van der Waals surface area contributed by atoms with E-state index in [1.807, 2.05) is 12.1 Å². The van der Waals surface area contributed by atoms with Gasteiger partial charge in [-0.2, -0.15) is 4.57 Å². The van der Waals surface area contributed by atoms with E-state index in [2.05, 4.69) is 79.2 Å². The van der Waals surface area contributed by atoms with Gasteiger partial charge < -0.3 is 4.42 Å². The number of hydrogen-bond donors (Lipinski definition) is 0. The number of rotatable bonds is 2. The molecule has 126 valence electrons. The highest BCUT2D eigenvalue weighted by Gasteiger charge is 2.26. The molecular weight excluding hydrogens is 338 g/mol. The van der Waals surface area contributed by atoms with E-state index in [1.165, 1.54) is 38.2 Å². The Labute approximate surface area is 156 Å². The largest absolute Gasteiger partial charge is 0.439 e. The van der Waals surface area contributed by atoms with Crippen molar-refractivity contribution >= 4 is 32.7 Å². The summed E-state index contributed by atoms with van der Waals surface area (Å²) in [5, 5.41) is 2.39. The molecule has 0 amide bonds. The molecule has 0 atom stereocenters. The van der Waals surface area contributed by atoms with Crippen molar-refractivity contribution in [3.63, 3.8) is 0 Å². The molecule has 0 aliphatic heterocycles. The van der Waals surface area contributed by atoms with Gasteiger partial charge in [-0.25, -0.2) is 0 Å². The normalized spacial score (nSPS) is 11.5. The summed E-state index contributed by atoms with van der Waals surface area (Å²) in [4.78, 5) is 0.980. The summed E-state index contributed by atoms with van der Waals surface area (Å²) >= 11 is 1.72. The van der Waals surface area contributed by atoms with E-state index in [-0.39, 0.29) is 0 Å². The van der Waals surface area contributed by atoms with E-state index in [0.717, 1.165) is 10.5 Å². The third kappa shape index (κ3) is 2.28. The lowest BCUT2D eigenvalue weighted by Crippen LogP contribution is -2.28. The Morgan fingerprint density at radius 2 is 1.62 bits per heavy atom. The Hall–Kier alpha value is -2.91. The first-order valence-electron chi connectivity index (χ1n) is 8.69. The monoisotopic (exact) mass is 356 g/mol. The standard InChI is InChI=1S/C23H18NOS/c1-15-12-13-17(16-8-4-3-5-9-16)14-19(15)22-24(2)21-18-10-6-7-11-20(18)25-23(21)26-22/h3-14H,1-2H3/q+1. The van der Waals surface area contributed by atoms with Crippen LogP contribution in [0, 0.1) is 6.92 Å². The van der Waals surface area contributed by atoms with Crippen LogP contribution >= 0.6 is 11.3 Å². The molecule has 0 aliphatic carbocycles. The Bertz CT molecular complexity index is 1250. The topological polar surface area (TPSA) is 17.0 Å². The number of hydrogen-bond acceptors (Lipinski definition) is 2. The van der Waals surface area contributed by atoms with Crippen LogP contribution in [0.25, 0.3) is 43.1 Å². The summed E-state index contributed by atoms with van der Waals surface area (Å²) in [6.45, 7) is 2.17. The highest BCUT2D eigenvalue weighted by Crippen LogP contribution is 2.37. The lowest BCUT2D eigenvalue weighted by atomic mass is 10.00. The minimum Gasteiger partial charge on any atom is -0.439 e. The molecule has 3 aromatic carbocycles. The van der Waals surface area contributed by atoms with Crippen LogP contribution in [0.5, 0.6) is 0 Å². The zero-order valence-corrected chi connectivity index (χ0v) is 15.5. The van der Waals surface area contributed by atoms with E-state index < -0.39 is 0 Å². The van der Waals surface area contributed by atoms with Gasteiger partial charge >= 0.3 is 0 Å². The van der Waals surface area contributed by atoms with Crippen molar-refractivity contribution in [2.45, 2.75) is 6.92 Å². The lowest BCUT2D eigenvalue weighted by molar-refractivity contribution is -0.628. The highest BCUT2D eigenvalue weighted by molar-refractivity contribution is 7.20. The third-order valence-electron chi connectivity index (χ3n) is 4.94. The maximum atomic E-state index is 6.09. The van der Waals surface area contributed by atoms with Crippen LogP contribution in [0.3, 0.4) is 0 Å². The van der Waals surface area contributed by atoms with E-state index in [4.69, 9.17) is 4.42 Å². The van der Waals surface area contributed by atoms with Gasteiger partial charge in [-0.05, 0) is 53.1 Å². The molecule has 5 aromatic rings. The van der Waals surface area contributed by atoms with E-state index in [0.29, 0.717) is 0 Å². The van der Waals surface area contributed by atoms with Crippen molar-refractivity contribution in [2.75, 3.05) is 0 Å². The second-order valence-corrected chi connectivity index (χ2v) is 7.56. The summed E-state index contributed by atoms with van der Waals surface area (Å²) in [6.07, 6.45) is 0. The number of para-hydroxylation sites is 1. The summed E-state index contributed by atoms with van der Waals surface area (Å²) in [6, 6.07) is 25.5. The molecule has 2 aromatic heterocycles. The second-order valence-electron chi connectivity index (χ2n) is 6.60. The quantitative estimate of drug-likeness (QED) is 0.349. The van der Waals surface area contributed by atoms with Gasteiger partial charge in [-0.3, -0.25) is 0 Å². The number of aromatic nitrogens is 1. The number of thiazole rings is 1. The van der Waals surface area contributed by atoms with E-state index in [1.54, 1.807) is 11.3 Å². The SMILES string of the molecule is Cc1ccc(-c2ccccc2)cc1-c1sc2oc3ccccc3c2[n+]1C. The van der Waals surface area contributed by atoms with Crippen LogP contribution in [-0.2, 0) is 7.05 Å². The van der Waals surface area contributed by atoms with E-state index in [9.17, 15) is 0 Å². The van der Waals surface area contributed by atoms with Gasteiger partial charge in [0.2, 0.25) is 0 Å². The van der Waals surface area contributed by atoms with Crippen LogP contribution in [0.1, 0.15) is 5.56 Å². The number of fused-ring (bicyclic) bond motifs is 3. The lowest BCUT2D eigenvalue weighted by Gasteiger charge is -2.06. The molecule has 0 fully saturated rings. The molecule has 3 heteroatoms.